The van der Waals surface area contributed by atoms with E-state index in [4.69, 9.17) is 9.84 Å². The lowest BCUT2D eigenvalue weighted by Crippen LogP contribution is -2.04. The fraction of sp³-hybridized carbons (Fsp3) is 0.0500. The summed E-state index contributed by atoms with van der Waals surface area (Å²) in [5.74, 6) is -2.44. The van der Waals surface area contributed by atoms with E-state index < -0.39 is 28.0 Å². The van der Waals surface area contributed by atoms with E-state index in [2.05, 4.69) is 0 Å². The van der Waals surface area contributed by atoms with E-state index in [-0.39, 0.29) is 5.56 Å². The Bertz CT molecular complexity index is 969. The van der Waals surface area contributed by atoms with Gasteiger partial charge in [-0.2, -0.15) is 4.39 Å². The molecule has 0 fully saturated rings. The molecule has 0 unspecified atom stereocenters. The van der Waals surface area contributed by atoms with Crippen molar-refractivity contribution in [3.63, 3.8) is 0 Å². The molecule has 1 N–H and O–H groups in total. The quantitative estimate of drug-likeness (QED) is 0.505. The molecule has 0 radical (unpaired) electrons. The summed E-state index contributed by atoms with van der Waals surface area (Å²) in [7, 11) is 0. The van der Waals surface area contributed by atoms with E-state index >= 15 is 0 Å². The molecule has 3 rings (SSSR count). The van der Waals surface area contributed by atoms with E-state index in [1.54, 1.807) is 24.3 Å². The molecule has 0 saturated heterocycles. The van der Waals surface area contributed by atoms with Gasteiger partial charge in [-0.25, -0.2) is 4.79 Å². The first-order valence-corrected chi connectivity index (χ1v) is 7.94. The monoisotopic (exact) mass is 367 g/mol. The Morgan fingerprint density at radius 3 is 2.44 bits per heavy atom. The van der Waals surface area contributed by atoms with Crippen molar-refractivity contribution in [3.8, 4) is 16.9 Å². The summed E-state index contributed by atoms with van der Waals surface area (Å²) < 4.78 is 19.7. The van der Waals surface area contributed by atoms with Gasteiger partial charge in [-0.15, -0.1) is 0 Å². The van der Waals surface area contributed by atoms with Gasteiger partial charge in [-0.05, 0) is 34.9 Å². The van der Waals surface area contributed by atoms with Gasteiger partial charge in [0.1, 0.15) is 17.9 Å². The Hall–Kier alpha value is -3.74. The predicted octanol–water partition coefficient (Wildman–Crippen LogP) is 4.68. The van der Waals surface area contributed by atoms with Gasteiger partial charge in [-0.3, -0.25) is 10.1 Å². The molecule has 0 bridgehead atoms. The molecule has 6 nitrogen and oxygen atoms in total. The fourth-order valence-corrected chi connectivity index (χ4v) is 2.57. The maximum Gasteiger partial charge on any atom is 0.338 e. The molecule has 0 aliphatic carbocycles. The highest BCUT2D eigenvalue weighted by molar-refractivity contribution is 5.91. The number of carboxylic acid groups (broad SMARTS) is 1. The van der Waals surface area contributed by atoms with Crippen LogP contribution in [0.3, 0.4) is 0 Å². The first kappa shape index (κ1) is 18.1. The molecule has 0 saturated carbocycles. The molecular formula is C20H14FNO5. The highest BCUT2D eigenvalue weighted by Crippen LogP contribution is 2.31. The third-order valence-electron chi connectivity index (χ3n) is 3.90. The van der Waals surface area contributed by atoms with Gasteiger partial charge in [0, 0.05) is 6.07 Å². The van der Waals surface area contributed by atoms with Crippen molar-refractivity contribution in [1.29, 1.82) is 0 Å². The summed E-state index contributed by atoms with van der Waals surface area (Å²) in [5, 5.41) is 20.2. The lowest BCUT2D eigenvalue weighted by Gasteiger charge is -2.09. The Balaban J connectivity index is 1.94. The normalized spacial score (nSPS) is 10.4. The zero-order valence-electron chi connectivity index (χ0n) is 14.0. The third-order valence-corrected chi connectivity index (χ3v) is 3.90. The van der Waals surface area contributed by atoms with Crippen LogP contribution in [0.1, 0.15) is 15.9 Å². The molecule has 0 amide bonds. The number of carboxylic acids is 1. The van der Waals surface area contributed by atoms with Gasteiger partial charge in [0.25, 0.3) is 0 Å². The zero-order valence-corrected chi connectivity index (χ0v) is 14.0. The van der Waals surface area contributed by atoms with Gasteiger partial charge in [0.05, 0.1) is 4.92 Å². The van der Waals surface area contributed by atoms with E-state index in [0.717, 1.165) is 17.7 Å². The smallest absolute Gasteiger partial charge is 0.338 e. The van der Waals surface area contributed by atoms with Gasteiger partial charge in [0.15, 0.2) is 0 Å². The van der Waals surface area contributed by atoms with Crippen LogP contribution in [-0.4, -0.2) is 16.0 Å². The average Bonchev–Trinajstić information content (AvgIpc) is 2.67. The number of nitrogens with zero attached hydrogens (tertiary/aromatic N) is 1. The molecule has 0 aliphatic heterocycles. The van der Waals surface area contributed by atoms with Crippen LogP contribution in [0.15, 0.2) is 66.7 Å². The van der Waals surface area contributed by atoms with Crippen LogP contribution < -0.4 is 4.74 Å². The minimum atomic E-state index is -1.58. The van der Waals surface area contributed by atoms with Crippen molar-refractivity contribution >= 4 is 11.7 Å². The number of aromatic carboxylic acids is 1. The molecular weight excluding hydrogens is 353 g/mol. The number of rotatable bonds is 6. The van der Waals surface area contributed by atoms with Crippen LogP contribution in [0.2, 0.25) is 0 Å². The van der Waals surface area contributed by atoms with Crippen molar-refractivity contribution in [3.05, 3.63) is 93.8 Å². The van der Waals surface area contributed by atoms with Crippen LogP contribution in [0, 0.1) is 15.9 Å². The van der Waals surface area contributed by atoms with Crippen LogP contribution in [0.25, 0.3) is 11.1 Å². The lowest BCUT2D eigenvalue weighted by molar-refractivity contribution is -0.387. The molecule has 3 aromatic carbocycles. The molecule has 0 aromatic heterocycles. The van der Waals surface area contributed by atoms with E-state index in [1.807, 2.05) is 30.3 Å². The minimum Gasteiger partial charge on any atom is -0.489 e. The Kier molecular flexibility index (Phi) is 5.12. The second-order valence-corrected chi connectivity index (χ2v) is 5.72. The Morgan fingerprint density at radius 1 is 1.04 bits per heavy atom. The number of hydrogen-bond donors (Lipinski definition) is 1. The molecule has 7 heteroatoms. The van der Waals surface area contributed by atoms with Crippen molar-refractivity contribution in [1.82, 2.24) is 0 Å². The van der Waals surface area contributed by atoms with Crippen molar-refractivity contribution in [2.75, 3.05) is 0 Å². The number of nitro benzene ring substituents is 1. The predicted molar refractivity (Wildman–Crippen MR) is 96.2 cm³/mol. The number of carbonyl (C=O) groups is 1. The van der Waals surface area contributed by atoms with E-state index in [9.17, 15) is 19.3 Å². The van der Waals surface area contributed by atoms with Gasteiger partial charge in [-0.1, -0.05) is 42.5 Å². The van der Waals surface area contributed by atoms with Crippen molar-refractivity contribution < 1.29 is 24.0 Å². The fourth-order valence-electron chi connectivity index (χ4n) is 2.57. The average molecular weight is 367 g/mol. The summed E-state index contributed by atoms with van der Waals surface area (Å²) in [5.41, 5.74) is 0.0145. The summed E-state index contributed by atoms with van der Waals surface area (Å²) in [6, 6.07) is 18.2. The summed E-state index contributed by atoms with van der Waals surface area (Å²) in [6.07, 6.45) is 0. The van der Waals surface area contributed by atoms with E-state index in [1.165, 1.54) is 0 Å². The molecule has 0 atom stereocenters. The van der Waals surface area contributed by atoms with Crippen molar-refractivity contribution in [2.45, 2.75) is 6.61 Å². The first-order valence-electron chi connectivity index (χ1n) is 7.94. The number of nitro groups is 1. The minimum absolute atomic E-state index is 0.214. The van der Waals surface area contributed by atoms with Gasteiger partial charge < -0.3 is 9.84 Å². The highest BCUT2D eigenvalue weighted by atomic mass is 19.1. The maximum absolute atomic E-state index is 14.0. The molecule has 0 aliphatic rings. The van der Waals surface area contributed by atoms with Crippen LogP contribution in [-0.2, 0) is 6.61 Å². The topological polar surface area (TPSA) is 89.7 Å². The molecule has 0 spiro atoms. The largest absolute Gasteiger partial charge is 0.489 e. The number of benzene rings is 3. The highest BCUT2D eigenvalue weighted by Gasteiger charge is 2.24. The second-order valence-electron chi connectivity index (χ2n) is 5.72. The standard InChI is InChI=1S/C20H14FNO5/c21-19-17(20(23)24)10-15(11-18(19)22(25)26)14-7-4-8-16(9-14)27-12-13-5-2-1-3-6-13/h1-11H,12H2,(H,23,24). The second kappa shape index (κ2) is 7.65. The molecule has 0 heterocycles. The first-order chi connectivity index (χ1) is 13.0. The van der Waals surface area contributed by atoms with Crippen LogP contribution >= 0.6 is 0 Å². The summed E-state index contributed by atoms with van der Waals surface area (Å²) in [6.45, 7) is 0.328. The van der Waals surface area contributed by atoms with Crippen molar-refractivity contribution in [2.24, 2.45) is 0 Å². The number of halogens is 1. The summed E-state index contributed by atoms with van der Waals surface area (Å²) >= 11 is 0. The molecule has 136 valence electrons. The maximum atomic E-state index is 14.0. The summed E-state index contributed by atoms with van der Waals surface area (Å²) in [4.78, 5) is 21.3. The van der Waals surface area contributed by atoms with E-state index in [0.29, 0.717) is 17.9 Å². The van der Waals surface area contributed by atoms with Gasteiger partial charge >= 0.3 is 11.7 Å². The van der Waals surface area contributed by atoms with Crippen LogP contribution in [0.5, 0.6) is 5.75 Å². The number of ether oxygens (including phenoxy) is 1. The lowest BCUT2D eigenvalue weighted by atomic mass is 10.0. The SMILES string of the molecule is O=C(O)c1cc(-c2cccc(OCc3ccccc3)c2)cc([N+](=O)[O-])c1F. The number of hydrogen-bond acceptors (Lipinski definition) is 4. The van der Waals surface area contributed by atoms with Gasteiger partial charge in [0.2, 0.25) is 5.82 Å². The Morgan fingerprint density at radius 2 is 1.78 bits per heavy atom. The van der Waals surface area contributed by atoms with Crippen LogP contribution in [0.4, 0.5) is 10.1 Å². The zero-order chi connectivity index (χ0) is 19.4. The Labute approximate surface area is 153 Å². The molecule has 27 heavy (non-hydrogen) atoms. The molecule has 3 aromatic rings. The third kappa shape index (κ3) is 4.09.